The van der Waals surface area contributed by atoms with E-state index in [4.69, 9.17) is 21.9 Å². The molecule has 0 aliphatic carbocycles. The zero-order chi connectivity index (χ0) is 16.4. The summed E-state index contributed by atoms with van der Waals surface area (Å²) in [7, 11) is 0. The molecule has 23 heavy (non-hydrogen) atoms. The van der Waals surface area contributed by atoms with Crippen molar-refractivity contribution in [1.29, 1.82) is 0 Å². The zero-order valence-electron chi connectivity index (χ0n) is 13.2. The van der Waals surface area contributed by atoms with Crippen LogP contribution in [-0.4, -0.2) is 18.5 Å². The SMILES string of the molecule is CC1Oc2ccc(C(N)(CN)Cc3ccccc3)cc2N=C1N. The normalized spacial score (nSPS) is 19.3. The van der Waals surface area contributed by atoms with Gasteiger partial charge in [-0.25, -0.2) is 4.99 Å². The molecule has 2 aromatic rings. The quantitative estimate of drug-likeness (QED) is 0.802. The number of fused-ring (bicyclic) bond motifs is 1. The molecular formula is C18H22N4O. The van der Waals surface area contributed by atoms with E-state index in [1.807, 2.05) is 43.3 Å². The lowest BCUT2D eigenvalue weighted by atomic mass is 9.84. The van der Waals surface area contributed by atoms with Crippen molar-refractivity contribution >= 4 is 11.5 Å². The summed E-state index contributed by atoms with van der Waals surface area (Å²) in [6, 6.07) is 15.9. The largest absolute Gasteiger partial charge is 0.481 e. The van der Waals surface area contributed by atoms with Crippen LogP contribution in [0.15, 0.2) is 53.5 Å². The van der Waals surface area contributed by atoms with Gasteiger partial charge in [0.05, 0.1) is 5.54 Å². The molecule has 1 aliphatic heterocycles. The number of aliphatic imine (C=N–C) groups is 1. The summed E-state index contributed by atoms with van der Waals surface area (Å²) >= 11 is 0. The molecule has 3 rings (SSSR count). The van der Waals surface area contributed by atoms with Crippen LogP contribution in [0, 0.1) is 0 Å². The van der Waals surface area contributed by atoms with E-state index >= 15 is 0 Å². The minimum absolute atomic E-state index is 0.213. The van der Waals surface area contributed by atoms with Gasteiger partial charge in [0.25, 0.3) is 0 Å². The monoisotopic (exact) mass is 310 g/mol. The Hall–Kier alpha value is -2.37. The number of ether oxygens (including phenoxy) is 1. The van der Waals surface area contributed by atoms with Crippen molar-refractivity contribution in [3.05, 3.63) is 59.7 Å². The van der Waals surface area contributed by atoms with Crippen molar-refractivity contribution in [3.8, 4) is 5.75 Å². The molecule has 1 heterocycles. The van der Waals surface area contributed by atoms with Crippen molar-refractivity contribution in [2.75, 3.05) is 6.54 Å². The maximum atomic E-state index is 6.60. The fraction of sp³-hybridized carbons (Fsp3) is 0.278. The zero-order valence-corrected chi connectivity index (χ0v) is 13.2. The van der Waals surface area contributed by atoms with Crippen LogP contribution in [0.2, 0.25) is 0 Å². The first kappa shape index (κ1) is 15.5. The summed E-state index contributed by atoms with van der Waals surface area (Å²) < 4.78 is 5.74. The summed E-state index contributed by atoms with van der Waals surface area (Å²) in [4.78, 5) is 4.42. The van der Waals surface area contributed by atoms with Crippen molar-refractivity contribution in [2.24, 2.45) is 22.2 Å². The molecule has 2 atom stereocenters. The van der Waals surface area contributed by atoms with Crippen molar-refractivity contribution < 1.29 is 4.74 Å². The number of hydrogen-bond donors (Lipinski definition) is 3. The Morgan fingerprint density at radius 1 is 1.17 bits per heavy atom. The van der Waals surface area contributed by atoms with E-state index in [2.05, 4.69) is 17.1 Å². The van der Waals surface area contributed by atoms with E-state index in [9.17, 15) is 0 Å². The van der Waals surface area contributed by atoms with Gasteiger partial charge in [0.2, 0.25) is 0 Å². The Morgan fingerprint density at radius 2 is 1.91 bits per heavy atom. The number of hydrogen-bond acceptors (Lipinski definition) is 5. The predicted octanol–water partition coefficient (Wildman–Crippen LogP) is 1.81. The smallest absolute Gasteiger partial charge is 0.153 e. The standard InChI is InChI=1S/C18H22N4O/c1-12-17(20)22-15-9-14(7-8-16(15)23-12)18(21,11-19)10-13-5-3-2-4-6-13/h2-9,12H,10-11,19,21H2,1H3,(H2,20,22). The van der Waals surface area contributed by atoms with Gasteiger partial charge >= 0.3 is 0 Å². The van der Waals surface area contributed by atoms with E-state index in [1.54, 1.807) is 0 Å². The molecule has 0 radical (unpaired) electrons. The molecule has 0 aromatic heterocycles. The first-order valence-corrected chi connectivity index (χ1v) is 7.70. The highest BCUT2D eigenvalue weighted by Crippen LogP contribution is 2.35. The van der Waals surface area contributed by atoms with Gasteiger partial charge in [-0.15, -0.1) is 0 Å². The van der Waals surface area contributed by atoms with E-state index in [0.29, 0.717) is 24.5 Å². The Morgan fingerprint density at radius 3 is 2.61 bits per heavy atom. The van der Waals surface area contributed by atoms with Crippen LogP contribution in [0.25, 0.3) is 0 Å². The molecule has 2 unspecified atom stereocenters. The van der Waals surface area contributed by atoms with Crippen LogP contribution >= 0.6 is 0 Å². The van der Waals surface area contributed by atoms with Gasteiger partial charge in [-0.1, -0.05) is 36.4 Å². The van der Waals surface area contributed by atoms with E-state index in [0.717, 1.165) is 16.9 Å². The van der Waals surface area contributed by atoms with Gasteiger partial charge < -0.3 is 21.9 Å². The molecule has 5 nitrogen and oxygen atoms in total. The number of nitrogens with two attached hydrogens (primary N) is 3. The van der Waals surface area contributed by atoms with Gasteiger partial charge in [0.15, 0.2) is 6.10 Å². The summed E-state index contributed by atoms with van der Waals surface area (Å²) in [5, 5.41) is 0. The van der Waals surface area contributed by atoms with Crippen LogP contribution in [-0.2, 0) is 12.0 Å². The molecule has 0 amide bonds. The van der Waals surface area contributed by atoms with Gasteiger partial charge in [-0.3, -0.25) is 0 Å². The van der Waals surface area contributed by atoms with Crippen molar-refractivity contribution in [1.82, 2.24) is 0 Å². The molecule has 0 saturated heterocycles. The van der Waals surface area contributed by atoms with Crippen molar-refractivity contribution in [2.45, 2.75) is 25.0 Å². The van der Waals surface area contributed by atoms with Crippen molar-refractivity contribution in [3.63, 3.8) is 0 Å². The minimum Gasteiger partial charge on any atom is -0.481 e. The van der Waals surface area contributed by atoms with Crippen LogP contribution in [0.3, 0.4) is 0 Å². The maximum absolute atomic E-state index is 6.60. The summed E-state index contributed by atoms with van der Waals surface area (Å²) in [5.41, 5.74) is 20.6. The second-order valence-electron chi connectivity index (χ2n) is 6.00. The molecule has 5 heteroatoms. The molecule has 0 saturated carbocycles. The minimum atomic E-state index is -0.663. The van der Waals surface area contributed by atoms with E-state index < -0.39 is 5.54 Å². The predicted molar refractivity (Wildman–Crippen MR) is 92.9 cm³/mol. The van der Waals surface area contributed by atoms with Gasteiger partial charge in [0.1, 0.15) is 17.3 Å². The highest BCUT2D eigenvalue weighted by atomic mass is 16.5. The molecule has 0 fully saturated rings. The lowest BCUT2D eigenvalue weighted by Crippen LogP contribution is -2.46. The Balaban J connectivity index is 1.95. The van der Waals surface area contributed by atoms with Crippen LogP contribution < -0.4 is 21.9 Å². The molecule has 0 spiro atoms. The number of rotatable bonds is 4. The molecule has 2 aromatic carbocycles. The first-order valence-electron chi connectivity index (χ1n) is 7.70. The average Bonchev–Trinajstić information content (AvgIpc) is 2.56. The Kier molecular flexibility index (Phi) is 4.07. The first-order chi connectivity index (χ1) is 11.0. The van der Waals surface area contributed by atoms with Crippen LogP contribution in [0.1, 0.15) is 18.1 Å². The lowest BCUT2D eigenvalue weighted by molar-refractivity contribution is 0.281. The number of benzene rings is 2. The second-order valence-corrected chi connectivity index (χ2v) is 6.00. The topological polar surface area (TPSA) is 99.6 Å². The molecule has 1 aliphatic rings. The summed E-state index contributed by atoms with van der Waals surface area (Å²) in [6.07, 6.45) is 0.439. The molecule has 0 bridgehead atoms. The van der Waals surface area contributed by atoms with Gasteiger partial charge in [-0.05, 0) is 36.6 Å². The van der Waals surface area contributed by atoms with E-state index in [-0.39, 0.29) is 6.10 Å². The molecular weight excluding hydrogens is 288 g/mol. The third-order valence-corrected chi connectivity index (χ3v) is 4.23. The maximum Gasteiger partial charge on any atom is 0.153 e. The fourth-order valence-corrected chi connectivity index (χ4v) is 2.75. The van der Waals surface area contributed by atoms with E-state index in [1.165, 1.54) is 0 Å². The molecule has 120 valence electrons. The third-order valence-electron chi connectivity index (χ3n) is 4.23. The Bertz CT molecular complexity index is 729. The summed E-state index contributed by atoms with van der Waals surface area (Å²) in [5.74, 6) is 1.18. The number of amidine groups is 1. The highest BCUT2D eigenvalue weighted by Gasteiger charge is 2.28. The van der Waals surface area contributed by atoms with Crippen LogP contribution in [0.4, 0.5) is 5.69 Å². The molecule has 6 N–H and O–H groups in total. The van der Waals surface area contributed by atoms with Gasteiger partial charge in [0, 0.05) is 6.54 Å². The second kappa shape index (κ2) is 6.02. The van der Waals surface area contributed by atoms with Gasteiger partial charge in [-0.2, -0.15) is 0 Å². The fourth-order valence-electron chi connectivity index (χ4n) is 2.75. The third kappa shape index (κ3) is 3.06. The summed E-state index contributed by atoms with van der Waals surface area (Å²) in [6.45, 7) is 2.20. The highest BCUT2D eigenvalue weighted by molar-refractivity contribution is 5.89. The average molecular weight is 310 g/mol. The Labute approximate surface area is 136 Å². The lowest BCUT2D eigenvalue weighted by Gasteiger charge is -2.30. The number of nitrogens with zero attached hydrogens (tertiary/aromatic N) is 1. The van der Waals surface area contributed by atoms with Crippen LogP contribution in [0.5, 0.6) is 5.75 Å².